The van der Waals surface area contributed by atoms with Crippen molar-refractivity contribution in [2.75, 3.05) is 57.6 Å². The maximum absolute atomic E-state index is 14.6. The number of aromatic nitrogens is 2. The molecule has 0 bridgehead atoms. The van der Waals surface area contributed by atoms with E-state index < -0.39 is 5.47 Å². The number of nitrogens with one attached hydrogen (secondary N) is 2. The second-order valence-corrected chi connectivity index (χ2v) is 16.1. The number of alkyl halides is 1. The molecule has 0 aliphatic carbocycles. The Kier molecular flexibility index (Phi) is 16.4. The first-order valence-corrected chi connectivity index (χ1v) is 21.4. The molecule has 0 atom stereocenters. The van der Waals surface area contributed by atoms with E-state index in [4.69, 9.17) is 29.7 Å². The van der Waals surface area contributed by atoms with Gasteiger partial charge < -0.3 is 39.0 Å². The standard InChI is InChI=1S/C49H57B2FN6O4/c1-36-48(37(2)62-55-36)39(14-12-28-59)34-57(4)33-38-13-9-16-44(31-38)61-30-8-6-5-7-29-60-43-21-19-40(20-22-43)53-25-11-15-42-32-45-46(54-41-23-26-56(3)27-24-41)17-10-18-47(45)58(42)35-49(50,51)52/h9-10,12-14,16-22,28,31-32,34,41,53-54H,5-8,23-27,29-30,33,35H2,1-4H3/b14-12-,39-34+. The Bertz CT molecular complexity index is 2330. The number of hydrogen-bond donors (Lipinski definition) is 2. The molecular formula is C49H57B2FN6O4. The van der Waals surface area contributed by atoms with Gasteiger partial charge in [0.2, 0.25) is 0 Å². The fourth-order valence-corrected chi connectivity index (χ4v) is 7.72. The van der Waals surface area contributed by atoms with Crippen molar-refractivity contribution >= 4 is 49.8 Å². The SMILES string of the molecule is [B]C([B])(F)Cn1c(C#CCNc2ccc(OCCCCCCOc3cccc(CN(C)/C=C(\C=C/C=O)c4c(C)noc4C)c3)cc2)cc2c(NC3CCN(C)CC3)cccc21. The van der Waals surface area contributed by atoms with Crippen LogP contribution in [0, 0.1) is 25.7 Å². The van der Waals surface area contributed by atoms with Gasteiger partial charge in [0.05, 0.1) is 36.7 Å². The van der Waals surface area contributed by atoms with Crippen LogP contribution in [0.2, 0.25) is 0 Å². The number of aldehydes is 1. The highest BCUT2D eigenvalue weighted by atomic mass is 19.1. The number of halogens is 1. The van der Waals surface area contributed by atoms with Gasteiger partial charge in [-0.25, -0.2) is 0 Å². The lowest BCUT2D eigenvalue weighted by Crippen LogP contribution is -2.36. The van der Waals surface area contributed by atoms with Gasteiger partial charge in [0, 0.05) is 65.7 Å². The fourth-order valence-electron chi connectivity index (χ4n) is 7.72. The fraction of sp³-hybridized carbons (Fsp3) is 0.388. The van der Waals surface area contributed by atoms with Gasteiger partial charge in [0.25, 0.3) is 0 Å². The zero-order valence-electron chi connectivity index (χ0n) is 36.5. The van der Waals surface area contributed by atoms with E-state index in [1.165, 1.54) is 6.08 Å². The van der Waals surface area contributed by atoms with Crippen molar-refractivity contribution in [2.24, 2.45) is 0 Å². The number of rotatable bonds is 21. The van der Waals surface area contributed by atoms with Crippen molar-refractivity contribution in [3.05, 3.63) is 119 Å². The molecule has 0 saturated carbocycles. The molecule has 2 aromatic heterocycles. The molecule has 0 unspecified atom stereocenters. The largest absolute Gasteiger partial charge is 0.494 e. The summed E-state index contributed by atoms with van der Waals surface area (Å²) >= 11 is 0. The molecular weight excluding hydrogens is 777 g/mol. The van der Waals surface area contributed by atoms with Crippen molar-refractivity contribution < 1.29 is 23.2 Å². The molecule has 2 N–H and O–H groups in total. The average molecular weight is 835 g/mol. The van der Waals surface area contributed by atoms with Crippen molar-refractivity contribution in [2.45, 2.75) is 77.0 Å². The molecule has 6 rings (SSSR count). The number of carbonyl (C=O) groups excluding carboxylic acids is 1. The van der Waals surface area contributed by atoms with Gasteiger partial charge in [-0.05, 0) is 151 Å². The molecule has 320 valence electrons. The smallest absolute Gasteiger partial charge is 0.142 e. The molecule has 5 aromatic rings. The third-order valence-corrected chi connectivity index (χ3v) is 10.8. The Morgan fingerprint density at radius 2 is 1.73 bits per heavy atom. The lowest BCUT2D eigenvalue weighted by Gasteiger charge is -2.30. The third kappa shape index (κ3) is 13.6. The zero-order valence-corrected chi connectivity index (χ0v) is 36.5. The highest BCUT2D eigenvalue weighted by Crippen LogP contribution is 2.30. The van der Waals surface area contributed by atoms with E-state index in [-0.39, 0.29) is 6.54 Å². The molecule has 0 spiro atoms. The van der Waals surface area contributed by atoms with Crippen LogP contribution in [0.4, 0.5) is 15.8 Å². The number of unbranched alkanes of at least 4 members (excludes halogenated alkanes) is 3. The predicted molar refractivity (Wildman–Crippen MR) is 250 cm³/mol. The van der Waals surface area contributed by atoms with Crippen LogP contribution in [-0.4, -0.2) is 100.0 Å². The molecule has 1 saturated heterocycles. The molecule has 1 aliphatic heterocycles. The normalized spacial score (nSPS) is 13.9. The number of nitrogens with zero attached hydrogens (tertiary/aromatic N) is 4. The maximum Gasteiger partial charge on any atom is 0.142 e. The van der Waals surface area contributed by atoms with Crippen molar-refractivity contribution in [3.8, 4) is 23.3 Å². The molecule has 13 heteroatoms. The number of anilines is 2. The zero-order chi connectivity index (χ0) is 43.9. The minimum absolute atomic E-state index is 0.215. The number of ether oxygens (including phenoxy) is 2. The number of fused-ring (bicyclic) bond motifs is 1. The van der Waals surface area contributed by atoms with E-state index >= 15 is 0 Å². The number of aryl methyl sites for hydroxylation is 2. The number of allylic oxidation sites excluding steroid dienone is 3. The van der Waals surface area contributed by atoms with Crippen LogP contribution in [0.5, 0.6) is 11.5 Å². The Morgan fingerprint density at radius 3 is 2.42 bits per heavy atom. The lowest BCUT2D eigenvalue weighted by atomic mass is 9.67. The first-order valence-electron chi connectivity index (χ1n) is 21.4. The molecule has 0 amide bonds. The van der Waals surface area contributed by atoms with Gasteiger partial charge >= 0.3 is 0 Å². The van der Waals surface area contributed by atoms with E-state index in [1.807, 2.05) is 81.7 Å². The average Bonchev–Trinajstić information content (AvgIpc) is 3.77. The summed E-state index contributed by atoms with van der Waals surface area (Å²) in [6.45, 7) is 7.98. The van der Waals surface area contributed by atoms with Crippen LogP contribution >= 0.6 is 0 Å². The van der Waals surface area contributed by atoms with E-state index in [0.29, 0.717) is 43.8 Å². The lowest BCUT2D eigenvalue weighted by molar-refractivity contribution is -0.104. The Hall–Kier alpha value is -5.86. The van der Waals surface area contributed by atoms with Crippen LogP contribution in [0.25, 0.3) is 16.5 Å². The van der Waals surface area contributed by atoms with Crippen LogP contribution in [0.15, 0.2) is 95.7 Å². The Balaban J connectivity index is 0.899. The summed E-state index contributed by atoms with van der Waals surface area (Å²) in [6, 6.07) is 24.3. The minimum Gasteiger partial charge on any atom is -0.494 e. The monoisotopic (exact) mass is 834 g/mol. The number of piperidine rings is 1. The van der Waals surface area contributed by atoms with Crippen molar-refractivity contribution in [3.63, 3.8) is 0 Å². The quantitative estimate of drug-likeness (QED) is 0.0189. The van der Waals surface area contributed by atoms with E-state index in [1.54, 1.807) is 10.6 Å². The summed E-state index contributed by atoms with van der Waals surface area (Å²) in [5.74, 6) is 8.77. The number of carbonyl (C=O) groups is 1. The van der Waals surface area contributed by atoms with Gasteiger partial charge in [0.1, 0.15) is 39.2 Å². The van der Waals surface area contributed by atoms with Gasteiger partial charge in [0.15, 0.2) is 0 Å². The summed E-state index contributed by atoms with van der Waals surface area (Å²) in [5.41, 5.74) is 4.66. The Morgan fingerprint density at radius 1 is 1.00 bits per heavy atom. The van der Waals surface area contributed by atoms with E-state index in [0.717, 1.165) is 114 Å². The summed E-state index contributed by atoms with van der Waals surface area (Å²) in [7, 11) is 15.4. The molecule has 1 aliphatic rings. The minimum atomic E-state index is -2.38. The summed E-state index contributed by atoms with van der Waals surface area (Å²) in [6.07, 6.45) is 12.1. The van der Waals surface area contributed by atoms with Crippen LogP contribution in [0.3, 0.4) is 0 Å². The van der Waals surface area contributed by atoms with Crippen LogP contribution < -0.4 is 20.1 Å². The third-order valence-electron chi connectivity index (χ3n) is 10.8. The highest BCUT2D eigenvalue weighted by molar-refractivity contribution is 6.38. The van der Waals surface area contributed by atoms with Crippen LogP contribution in [0.1, 0.15) is 66.8 Å². The summed E-state index contributed by atoms with van der Waals surface area (Å²) in [5, 5.41) is 12.1. The van der Waals surface area contributed by atoms with Crippen molar-refractivity contribution in [1.82, 2.24) is 19.5 Å². The number of benzene rings is 3. The second-order valence-electron chi connectivity index (χ2n) is 16.1. The van der Waals surface area contributed by atoms with Gasteiger partial charge in [-0.15, -0.1) is 0 Å². The molecule has 3 aromatic carbocycles. The van der Waals surface area contributed by atoms with Gasteiger partial charge in [-0.2, -0.15) is 0 Å². The van der Waals surface area contributed by atoms with Gasteiger partial charge in [-0.1, -0.05) is 29.3 Å². The van der Waals surface area contributed by atoms with E-state index in [2.05, 4.69) is 62.7 Å². The van der Waals surface area contributed by atoms with Crippen LogP contribution in [-0.2, 0) is 17.9 Å². The molecule has 4 radical (unpaired) electrons. The van der Waals surface area contributed by atoms with Gasteiger partial charge in [-0.3, -0.25) is 9.18 Å². The summed E-state index contributed by atoms with van der Waals surface area (Å²) in [4.78, 5) is 15.4. The number of hydrogen-bond acceptors (Lipinski definition) is 9. The molecule has 3 heterocycles. The van der Waals surface area contributed by atoms with E-state index in [9.17, 15) is 9.18 Å². The highest BCUT2D eigenvalue weighted by Gasteiger charge is 2.22. The topological polar surface area (TPSA) is 97.0 Å². The molecule has 62 heavy (non-hydrogen) atoms. The number of likely N-dealkylation sites (tertiary alicyclic amines) is 1. The molecule has 1 fully saturated rings. The first-order chi connectivity index (χ1) is 30.0. The van der Waals surface area contributed by atoms with Crippen molar-refractivity contribution in [1.29, 1.82) is 0 Å². The predicted octanol–water partition coefficient (Wildman–Crippen LogP) is 8.42. The first kappa shape index (κ1) is 45.7. The molecule has 10 nitrogen and oxygen atoms in total. The second kappa shape index (κ2) is 22.3. The maximum atomic E-state index is 14.6. The Labute approximate surface area is 368 Å². The summed E-state index contributed by atoms with van der Waals surface area (Å²) < 4.78 is 33.8.